The molecule has 2 heterocycles. The number of tetrazole rings is 1. The highest BCUT2D eigenvalue weighted by molar-refractivity contribution is 7.90. The van der Waals surface area contributed by atoms with Gasteiger partial charge < -0.3 is 14.0 Å². The molecule has 1 unspecified atom stereocenters. The van der Waals surface area contributed by atoms with E-state index in [1.807, 2.05) is 12.1 Å². The number of primary sulfonamides is 1. The minimum absolute atomic E-state index is 0.0727. The summed E-state index contributed by atoms with van der Waals surface area (Å²) >= 11 is -2.79. The summed E-state index contributed by atoms with van der Waals surface area (Å²) in [5.74, 6) is 1.60. The number of nitrogens with zero attached hydrogens (tertiary/aromatic N) is 6. The van der Waals surface area contributed by atoms with Gasteiger partial charge in [0.05, 0.1) is 31.2 Å². The highest BCUT2D eigenvalue weighted by Gasteiger charge is 2.32. The minimum Gasteiger partial charge on any atom is -0.497 e. The van der Waals surface area contributed by atoms with Crippen LogP contribution < -0.4 is 14.6 Å². The van der Waals surface area contributed by atoms with Crippen LogP contribution >= 0.6 is 0 Å². The molecule has 240 valence electrons. The van der Waals surface area contributed by atoms with Gasteiger partial charge >= 0.3 is 0 Å². The van der Waals surface area contributed by atoms with Crippen LogP contribution in [0, 0.1) is 0 Å². The lowest BCUT2D eigenvalue weighted by Crippen LogP contribution is -2.19. The van der Waals surface area contributed by atoms with E-state index in [1.54, 1.807) is 80.9 Å². The Bertz CT molecular complexity index is 2170. The molecule has 0 saturated heterocycles. The van der Waals surface area contributed by atoms with Crippen molar-refractivity contribution in [2.45, 2.75) is 22.8 Å². The van der Waals surface area contributed by atoms with E-state index < -0.39 is 26.0 Å². The van der Waals surface area contributed by atoms with E-state index in [2.05, 4.69) is 30.6 Å². The second-order valence-electron chi connectivity index (χ2n) is 10.3. The van der Waals surface area contributed by atoms with Gasteiger partial charge in [0, 0.05) is 5.56 Å². The van der Waals surface area contributed by atoms with Crippen LogP contribution in [0.3, 0.4) is 0 Å². The second kappa shape index (κ2) is 13.2. The molecule has 6 rings (SSSR count). The van der Waals surface area contributed by atoms with Gasteiger partial charge in [-0.2, -0.15) is 9.90 Å². The lowest BCUT2D eigenvalue weighted by molar-refractivity contribution is 0.414. The molecule has 0 saturated carbocycles. The van der Waals surface area contributed by atoms with E-state index >= 15 is 0 Å². The fraction of sp³-hybridized carbons (Fsp3) is 0.129. The lowest BCUT2D eigenvalue weighted by atomic mass is 9.93. The Kier molecular flexibility index (Phi) is 8.91. The van der Waals surface area contributed by atoms with Crippen molar-refractivity contribution >= 4 is 21.1 Å². The van der Waals surface area contributed by atoms with Crippen LogP contribution in [0.2, 0.25) is 0 Å². The summed E-state index contributed by atoms with van der Waals surface area (Å²) in [7, 11) is -1.55. The zero-order valence-corrected chi connectivity index (χ0v) is 26.7. The quantitative estimate of drug-likeness (QED) is 0.170. The SMILES string of the molecule is COc1ccc(Cc2cc(-c3cccc(-c4nc[nH]n4)c3)c(-c3nnn(Cc4ccc(OC)cc4)n3)c(S(N)(=O)=O)c2S(=O)O)cc1. The Morgan fingerprint density at radius 2 is 1.57 bits per heavy atom. The van der Waals surface area contributed by atoms with Crippen LogP contribution in [0.25, 0.3) is 33.9 Å². The zero-order chi connectivity index (χ0) is 33.1. The summed E-state index contributed by atoms with van der Waals surface area (Å²) in [6, 6.07) is 23.0. The Morgan fingerprint density at radius 1 is 0.915 bits per heavy atom. The van der Waals surface area contributed by atoms with Crippen LogP contribution in [0.5, 0.6) is 11.5 Å². The van der Waals surface area contributed by atoms with Crippen molar-refractivity contribution in [1.82, 2.24) is 35.4 Å². The molecule has 0 bridgehead atoms. The average Bonchev–Trinajstić information content (AvgIpc) is 3.78. The third-order valence-electron chi connectivity index (χ3n) is 7.33. The van der Waals surface area contributed by atoms with Gasteiger partial charge in [0.1, 0.15) is 22.7 Å². The normalized spacial score (nSPS) is 12.2. The second-order valence-corrected chi connectivity index (χ2v) is 12.7. The molecule has 0 fully saturated rings. The largest absolute Gasteiger partial charge is 0.497 e. The summed E-state index contributed by atoms with van der Waals surface area (Å²) in [5.41, 5.74) is 3.25. The van der Waals surface area contributed by atoms with Gasteiger partial charge in [-0.15, -0.1) is 10.2 Å². The maximum Gasteiger partial charge on any atom is 0.240 e. The first-order valence-electron chi connectivity index (χ1n) is 14.0. The fourth-order valence-electron chi connectivity index (χ4n) is 5.18. The number of ether oxygens (including phenoxy) is 2. The number of aromatic nitrogens is 7. The maximum atomic E-state index is 13.4. The number of hydrogen-bond acceptors (Lipinski definition) is 10. The van der Waals surface area contributed by atoms with E-state index in [-0.39, 0.29) is 34.8 Å². The number of rotatable bonds is 11. The van der Waals surface area contributed by atoms with Crippen molar-refractivity contribution in [3.63, 3.8) is 0 Å². The molecule has 0 aliphatic carbocycles. The Balaban J connectivity index is 1.58. The molecule has 0 aliphatic heterocycles. The number of hydrogen-bond donors (Lipinski definition) is 3. The van der Waals surface area contributed by atoms with E-state index in [1.165, 1.54) is 11.1 Å². The number of nitrogens with one attached hydrogen (secondary N) is 1. The highest BCUT2D eigenvalue weighted by atomic mass is 32.2. The van der Waals surface area contributed by atoms with Gasteiger partial charge in [-0.1, -0.05) is 42.5 Å². The van der Waals surface area contributed by atoms with Gasteiger partial charge in [-0.25, -0.2) is 22.7 Å². The van der Waals surface area contributed by atoms with Crippen LogP contribution in [0.4, 0.5) is 0 Å². The molecule has 0 amide bonds. The van der Waals surface area contributed by atoms with Crippen LogP contribution in [-0.2, 0) is 34.1 Å². The van der Waals surface area contributed by atoms with Crippen molar-refractivity contribution in [2.24, 2.45) is 5.14 Å². The van der Waals surface area contributed by atoms with Crippen molar-refractivity contribution < 1.29 is 26.7 Å². The number of methoxy groups -OCH3 is 2. The average molecular weight is 673 g/mol. The van der Waals surface area contributed by atoms with E-state index in [0.717, 1.165) is 11.1 Å². The Morgan fingerprint density at radius 3 is 2.17 bits per heavy atom. The van der Waals surface area contributed by atoms with Gasteiger partial charge in [-0.3, -0.25) is 5.10 Å². The molecule has 6 aromatic rings. The molecule has 14 nitrogen and oxygen atoms in total. The van der Waals surface area contributed by atoms with Crippen LogP contribution in [0.1, 0.15) is 16.7 Å². The maximum absolute atomic E-state index is 13.4. The van der Waals surface area contributed by atoms with Gasteiger partial charge in [0.2, 0.25) is 15.8 Å². The summed E-state index contributed by atoms with van der Waals surface area (Å²) in [6.45, 7) is 0.200. The molecule has 2 aromatic heterocycles. The predicted octanol–water partition coefficient (Wildman–Crippen LogP) is 3.68. The summed E-state index contributed by atoms with van der Waals surface area (Å²) < 4.78 is 60.9. The van der Waals surface area contributed by atoms with Crippen molar-refractivity contribution in [3.05, 3.63) is 102 Å². The topological polar surface area (TPSA) is 201 Å². The van der Waals surface area contributed by atoms with Crippen molar-refractivity contribution in [1.29, 1.82) is 0 Å². The fourth-order valence-corrected chi connectivity index (χ4v) is 7.23. The zero-order valence-electron chi connectivity index (χ0n) is 25.1. The van der Waals surface area contributed by atoms with Crippen molar-refractivity contribution in [2.75, 3.05) is 14.2 Å². The van der Waals surface area contributed by atoms with Crippen LogP contribution in [0.15, 0.2) is 95.0 Å². The standard InChI is InChI=1S/C31H28N8O6S2/c1-44-24-10-6-19(7-11-24)14-23-16-26(21-4-3-5-22(15-21)30-33-18-34-35-30)27(29(47(32,42)43)28(23)46(40)41)31-36-38-39(37-31)17-20-8-12-25(45-2)13-9-20/h3-13,15-16,18H,14,17H2,1-2H3,(H,40,41)(H2,32,42,43)(H,33,34,35). The molecule has 0 spiro atoms. The monoisotopic (exact) mass is 672 g/mol. The number of nitrogens with two attached hydrogens (primary N) is 1. The number of aromatic amines is 1. The smallest absolute Gasteiger partial charge is 0.240 e. The summed E-state index contributed by atoms with van der Waals surface area (Å²) in [4.78, 5) is 4.56. The summed E-state index contributed by atoms with van der Waals surface area (Å²) in [5, 5.41) is 25.5. The molecular formula is C31H28N8O6S2. The molecule has 4 N–H and O–H groups in total. The number of sulfonamides is 1. The minimum atomic E-state index is -4.66. The molecule has 4 aromatic carbocycles. The number of H-pyrrole nitrogens is 1. The van der Waals surface area contributed by atoms with E-state index in [4.69, 9.17) is 14.6 Å². The third kappa shape index (κ3) is 6.80. The van der Waals surface area contributed by atoms with E-state index in [0.29, 0.717) is 34.0 Å². The molecule has 47 heavy (non-hydrogen) atoms. The molecule has 0 aliphatic rings. The van der Waals surface area contributed by atoms with Crippen molar-refractivity contribution in [3.8, 4) is 45.4 Å². The van der Waals surface area contributed by atoms with Gasteiger partial charge in [0.25, 0.3) is 0 Å². The summed E-state index contributed by atoms with van der Waals surface area (Å²) in [6.07, 6.45) is 1.54. The third-order valence-corrected chi connectivity index (χ3v) is 9.25. The van der Waals surface area contributed by atoms with E-state index in [9.17, 15) is 17.2 Å². The predicted molar refractivity (Wildman–Crippen MR) is 172 cm³/mol. The van der Waals surface area contributed by atoms with Crippen LogP contribution in [-0.4, -0.2) is 66.8 Å². The first kappa shape index (κ1) is 31.7. The molecule has 16 heteroatoms. The lowest BCUT2D eigenvalue weighted by Gasteiger charge is -2.19. The molecule has 1 atom stereocenters. The van der Waals surface area contributed by atoms with Gasteiger partial charge in [0.15, 0.2) is 16.9 Å². The Hall–Kier alpha value is -5.29. The molecular weight excluding hydrogens is 645 g/mol. The highest BCUT2D eigenvalue weighted by Crippen LogP contribution is 2.41. The van der Waals surface area contributed by atoms with Gasteiger partial charge in [-0.05, 0) is 75.8 Å². The number of benzene rings is 4. The Labute approximate surface area is 271 Å². The first-order valence-corrected chi connectivity index (χ1v) is 16.6. The first-order chi connectivity index (χ1) is 22.6. The molecule has 0 radical (unpaired) electrons.